The van der Waals surface area contributed by atoms with Gasteiger partial charge in [0.15, 0.2) is 0 Å². The summed E-state index contributed by atoms with van der Waals surface area (Å²) in [5.74, 6) is 2.32. The highest BCUT2D eigenvalue weighted by Gasteiger charge is 2.12. The summed E-state index contributed by atoms with van der Waals surface area (Å²) >= 11 is 0. The monoisotopic (exact) mass is 268 g/mol. The predicted octanol–water partition coefficient (Wildman–Crippen LogP) is 3.56. The number of para-hydroxylation sites is 1. The van der Waals surface area contributed by atoms with Crippen molar-refractivity contribution >= 4 is 11.0 Å². The van der Waals surface area contributed by atoms with E-state index in [-0.39, 0.29) is 0 Å². The molecule has 3 rings (SSSR count). The smallest absolute Gasteiger partial charge is 0.142 e. The first-order valence-electron chi connectivity index (χ1n) is 6.40. The molecule has 0 fully saturated rings. The van der Waals surface area contributed by atoms with Gasteiger partial charge < -0.3 is 14.5 Å². The van der Waals surface area contributed by atoms with Crippen LogP contribution >= 0.6 is 0 Å². The number of hydrogen-bond donors (Lipinski definition) is 1. The largest absolute Gasteiger partial charge is 0.497 e. The van der Waals surface area contributed by atoms with Gasteiger partial charge >= 0.3 is 0 Å². The number of imidazole rings is 1. The highest BCUT2D eigenvalue weighted by atomic mass is 16.5. The first kappa shape index (κ1) is 12.5. The van der Waals surface area contributed by atoms with Crippen molar-refractivity contribution in [2.24, 2.45) is 0 Å². The summed E-state index contributed by atoms with van der Waals surface area (Å²) in [4.78, 5) is 8.01. The first-order valence-corrected chi connectivity index (χ1v) is 6.40. The molecular weight excluding hydrogens is 252 g/mol. The van der Waals surface area contributed by atoms with Gasteiger partial charge in [0.2, 0.25) is 0 Å². The molecule has 20 heavy (non-hydrogen) atoms. The van der Waals surface area contributed by atoms with Crippen molar-refractivity contribution in [2.45, 2.75) is 6.92 Å². The van der Waals surface area contributed by atoms with Crippen LogP contribution in [0.1, 0.15) is 5.56 Å². The van der Waals surface area contributed by atoms with E-state index in [0.29, 0.717) is 0 Å². The summed E-state index contributed by atoms with van der Waals surface area (Å²) in [6, 6.07) is 11.8. The molecule has 1 aromatic heterocycles. The summed E-state index contributed by atoms with van der Waals surface area (Å²) in [6.07, 6.45) is 0. The molecule has 0 saturated carbocycles. The molecule has 102 valence electrons. The third-order valence-corrected chi connectivity index (χ3v) is 3.38. The van der Waals surface area contributed by atoms with E-state index < -0.39 is 0 Å². The average molecular weight is 268 g/mol. The Hall–Kier alpha value is -2.49. The van der Waals surface area contributed by atoms with Crippen molar-refractivity contribution in [3.8, 4) is 22.9 Å². The van der Waals surface area contributed by atoms with E-state index in [4.69, 9.17) is 9.47 Å². The molecule has 0 radical (unpaired) electrons. The van der Waals surface area contributed by atoms with E-state index in [2.05, 4.69) is 23.0 Å². The van der Waals surface area contributed by atoms with Gasteiger partial charge in [-0.2, -0.15) is 0 Å². The Morgan fingerprint density at radius 1 is 1.05 bits per heavy atom. The molecule has 0 saturated heterocycles. The summed E-state index contributed by atoms with van der Waals surface area (Å²) in [7, 11) is 3.30. The molecule has 2 aromatic carbocycles. The topological polar surface area (TPSA) is 47.1 Å². The Bertz CT molecular complexity index is 762. The van der Waals surface area contributed by atoms with E-state index in [1.165, 1.54) is 0 Å². The lowest BCUT2D eigenvalue weighted by atomic mass is 10.2. The molecule has 0 aliphatic carbocycles. The van der Waals surface area contributed by atoms with Crippen molar-refractivity contribution in [1.82, 2.24) is 9.97 Å². The fraction of sp³-hybridized carbons (Fsp3) is 0.188. The number of rotatable bonds is 3. The number of H-pyrrole nitrogens is 1. The maximum atomic E-state index is 5.41. The van der Waals surface area contributed by atoms with E-state index >= 15 is 0 Å². The van der Waals surface area contributed by atoms with Crippen LogP contribution < -0.4 is 9.47 Å². The van der Waals surface area contributed by atoms with Crippen LogP contribution in [0.15, 0.2) is 36.4 Å². The molecule has 0 aliphatic heterocycles. The van der Waals surface area contributed by atoms with Gasteiger partial charge in [0, 0.05) is 0 Å². The van der Waals surface area contributed by atoms with Crippen LogP contribution in [0.4, 0.5) is 0 Å². The van der Waals surface area contributed by atoms with E-state index in [0.717, 1.165) is 39.5 Å². The van der Waals surface area contributed by atoms with Crippen molar-refractivity contribution in [1.29, 1.82) is 0 Å². The summed E-state index contributed by atoms with van der Waals surface area (Å²) in [5, 5.41) is 0. The lowest BCUT2D eigenvalue weighted by Crippen LogP contribution is -1.91. The Morgan fingerprint density at radius 2 is 1.90 bits per heavy atom. The van der Waals surface area contributed by atoms with Crippen LogP contribution in [-0.4, -0.2) is 24.2 Å². The van der Waals surface area contributed by atoms with Crippen LogP contribution in [0.2, 0.25) is 0 Å². The Balaban J connectivity index is 2.21. The fourth-order valence-electron chi connectivity index (χ4n) is 2.30. The third-order valence-electron chi connectivity index (χ3n) is 3.38. The van der Waals surface area contributed by atoms with Gasteiger partial charge in [-0.3, -0.25) is 0 Å². The average Bonchev–Trinajstić information content (AvgIpc) is 2.92. The number of nitrogens with one attached hydrogen (secondary N) is 1. The van der Waals surface area contributed by atoms with Crippen LogP contribution in [0.25, 0.3) is 22.4 Å². The Labute approximate surface area is 117 Å². The van der Waals surface area contributed by atoms with Gasteiger partial charge in [-0.25, -0.2) is 4.98 Å². The highest BCUT2D eigenvalue weighted by molar-refractivity contribution is 5.83. The van der Waals surface area contributed by atoms with Crippen molar-refractivity contribution in [3.05, 3.63) is 42.0 Å². The van der Waals surface area contributed by atoms with Crippen molar-refractivity contribution in [2.75, 3.05) is 14.2 Å². The Morgan fingerprint density at radius 3 is 2.60 bits per heavy atom. The molecule has 3 aromatic rings. The van der Waals surface area contributed by atoms with Gasteiger partial charge in [-0.05, 0) is 36.8 Å². The van der Waals surface area contributed by atoms with Crippen LogP contribution in [0, 0.1) is 6.92 Å². The molecule has 1 N–H and O–H groups in total. The maximum Gasteiger partial charge on any atom is 0.142 e. The number of benzene rings is 2. The number of ether oxygens (including phenoxy) is 2. The maximum absolute atomic E-state index is 5.41. The second-order valence-corrected chi connectivity index (χ2v) is 4.62. The van der Waals surface area contributed by atoms with Gasteiger partial charge in [0.25, 0.3) is 0 Å². The molecule has 0 bridgehead atoms. The zero-order valence-electron chi connectivity index (χ0n) is 11.7. The number of aromatic amines is 1. The van der Waals surface area contributed by atoms with Crippen molar-refractivity contribution < 1.29 is 9.47 Å². The van der Waals surface area contributed by atoms with Crippen LogP contribution in [0.3, 0.4) is 0 Å². The zero-order chi connectivity index (χ0) is 14.1. The van der Waals surface area contributed by atoms with Gasteiger partial charge in [0.1, 0.15) is 17.3 Å². The molecule has 0 atom stereocenters. The molecule has 4 nitrogen and oxygen atoms in total. The summed E-state index contributed by atoms with van der Waals surface area (Å²) < 4.78 is 10.7. The highest BCUT2D eigenvalue weighted by Crippen LogP contribution is 2.33. The minimum absolute atomic E-state index is 0.766. The molecule has 0 unspecified atom stereocenters. The van der Waals surface area contributed by atoms with E-state index in [9.17, 15) is 0 Å². The summed E-state index contributed by atoms with van der Waals surface area (Å²) in [5.41, 5.74) is 4.03. The van der Waals surface area contributed by atoms with E-state index in [1.807, 2.05) is 30.3 Å². The fourth-order valence-corrected chi connectivity index (χ4v) is 2.30. The zero-order valence-corrected chi connectivity index (χ0v) is 11.7. The normalized spacial score (nSPS) is 10.8. The number of methoxy groups -OCH3 is 2. The number of hydrogen-bond acceptors (Lipinski definition) is 3. The van der Waals surface area contributed by atoms with Gasteiger partial charge in [-0.1, -0.05) is 12.1 Å². The van der Waals surface area contributed by atoms with E-state index in [1.54, 1.807) is 14.2 Å². The second-order valence-electron chi connectivity index (χ2n) is 4.62. The number of aryl methyl sites for hydroxylation is 1. The number of nitrogens with zero attached hydrogens (tertiary/aromatic N) is 1. The SMILES string of the molecule is COc1ccc(OC)c(-c2nc3c(C)cccc3[nH]2)c1. The summed E-state index contributed by atoms with van der Waals surface area (Å²) in [6.45, 7) is 2.05. The minimum Gasteiger partial charge on any atom is -0.497 e. The predicted molar refractivity (Wildman–Crippen MR) is 79.4 cm³/mol. The van der Waals surface area contributed by atoms with Crippen LogP contribution in [-0.2, 0) is 0 Å². The Kier molecular flexibility index (Phi) is 3.06. The molecule has 0 spiro atoms. The lowest BCUT2D eigenvalue weighted by molar-refractivity contribution is 0.404. The quantitative estimate of drug-likeness (QED) is 0.790. The molecule has 1 heterocycles. The van der Waals surface area contributed by atoms with Gasteiger partial charge in [0.05, 0.1) is 30.8 Å². The standard InChI is InChI=1S/C16H16N2O2/c1-10-5-4-6-13-15(10)18-16(17-13)12-9-11(19-2)7-8-14(12)20-3/h4-9H,1-3H3,(H,17,18). The third kappa shape index (κ3) is 1.99. The lowest BCUT2D eigenvalue weighted by Gasteiger charge is -2.08. The molecule has 4 heteroatoms. The van der Waals surface area contributed by atoms with Crippen LogP contribution in [0.5, 0.6) is 11.5 Å². The first-order chi connectivity index (χ1) is 9.72. The number of fused-ring (bicyclic) bond motifs is 1. The molecule has 0 amide bonds. The second kappa shape index (κ2) is 4.89. The van der Waals surface area contributed by atoms with Gasteiger partial charge in [-0.15, -0.1) is 0 Å². The van der Waals surface area contributed by atoms with Crippen molar-refractivity contribution in [3.63, 3.8) is 0 Å². The number of aromatic nitrogens is 2. The molecular formula is C16H16N2O2. The molecule has 0 aliphatic rings. The minimum atomic E-state index is 0.766.